The molecule has 0 aliphatic carbocycles. The van der Waals surface area contributed by atoms with Crippen molar-refractivity contribution in [3.8, 4) is 11.3 Å². The zero-order valence-corrected chi connectivity index (χ0v) is 19.4. The monoisotopic (exact) mass is 466 g/mol. The first kappa shape index (κ1) is 22.4. The van der Waals surface area contributed by atoms with Gasteiger partial charge in [0.15, 0.2) is 5.17 Å². The van der Waals surface area contributed by atoms with E-state index < -0.39 is 0 Å². The predicted molar refractivity (Wildman–Crippen MR) is 131 cm³/mol. The van der Waals surface area contributed by atoms with Gasteiger partial charge in [0.05, 0.1) is 23.7 Å². The fourth-order valence-electron chi connectivity index (χ4n) is 3.27. The molecular weight excluding hydrogens is 444 g/mol. The van der Waals surface area contributed by atoms with Crippen molar-refractivity contribution in [2.45, 2.75) is 13.8 Å². The number of hydrogen-bond donors (Lipinski definition) is 0. The second kappa shape index (κ2) is 10.2. The topological polar surface area (TPSA) is 55.0 Å². The number of benzene rings is 2. The van der Waals surface area contributed by atoms with Gasteiger partial charge in [-0.3, -0.25) is 9.69 Å². The highest BCUT2D eigenvalue weighted by molar-refractivity contribution is 8.18. The first-order valence-electron chi connectivity index (χ1n) is 10.3. The Hall–Kier alpha value is -2.80. The average molecular weight is 467 g/mol. The Bertz CT molecular complexity index is 1170. The molecule has 1 fully saturated rings. The number of rotatable bonds is 7. The van der Waals surface area contributed by atoms with Crippen LogP contribution in [-0.2, 0) is 9.53 Å². The van der Waals surface area contributed by atoms with E-state index in [4.69, 9.17) is 20.8 Å². The molecule has 164 valence electrons. The molecule has 7 heteroatoms. The summed E-state index contributed by atoms with van der Waals surface area (Å²) in [5.41, 5.74) is 2.79. The molecule has 0 N–H and O–H groups in total. The van der Waals surface area contributed by atoms with Gasteiger partial charge in [-0.15, -0.1) is 0 Å². The van der Waals surface area contributed by atoms with Gasteiger partial charge in [0, 0.05) is 23.3 Å². The third-order valence-electron chi connectivity index (χ3n) is 4.90. The average Bonchev–Trinajstić information content (AvgIpc) is 3.36. The number of furan rings is 1. The van der Waals surface area contributed by atoms with Crippen molar-refractivity contribution in [3.05, 3.63) is 81.9 Å². The zero-order valence-electron chi connectivity index (χ0n) is 17.9. The number of halogens is 1. The highest BCUT2D eigenvalue weighted by Gasteiger charge is 2.33. The number of nitrogens with zero attached hydrogens (tertiary/aromatic N) is 2. The third-order valence-corrected chi connectivity index (χ3v) is 6.14. The molecule has 3 aromatic rings. The first-order chi connectivity index (χ1) is 15.5. The lowest BCUT2D eigenvalue weighted by atomic mass is 10.1. The fourth-order valence-corrected chi connectivity index (χ4v) is 4.44. The van der Waals surface area contributed by atoms with Gasteiger partial charge in [-0.05, 0) is 67.6 Å². The molecule has 2 heterocycles. The Morgan fingerprint density at radius 2 is 1.97 bits per heavy atom. The number of hydrogen-bond acceptors (Lipinski definition) is 5. The minimum Gasteiger partial charge on any atom is -0.457 e. The molecule has 0 atom stereocenters. The highest BCUT2D eigenvalue weighted by Crippen LogP contribution is 2.35. The van der Waals surface area contributed by atoms with Gasteiger partial charge in [0.1, 0.15) is 11.5 Å². The van der Waals surface area contributed by atoms with E-state index in [2.05, 4.69) is 4.99 Å². The lowest BCUT2D eigenvalue weighted by Crippen LogP contribution is -2.32. The Morgan fingerprint density at radius 3 is 2.75 bits per heavy atom. The van der Waals surface area contributed by atoms with Gasteiger partial charge in [0.2, 0.25) is 0 Å². The van der Waals surface area contributed by atoms with Gasteiger partial charge in [-0.2, -0.15) is 0 Å². The summed E-state index contributed by atoms with van der Waals surface area (Å²) >= 11 is 7.49. The number of aliphatic imine (C=N–C) groups is 1. The molecule has 1 aliphatic heterocycles. The van der Waals surface area contributed by atoms with Crippen LogP contribution < -0.4 is 0 Å². The van der Waals surface area contributed by atoms with Crippen molar-refractivity contribution >= 4 is 46.2 Å². The predicted octanol–water partition coefficient (Wildman–Crippen LogP) is 6.55. The van der Waals surface area contributed by atoms with Crippen molar-refractivity contribution in [2.24, 2.45) is 4.99 Å². The zero-order chi connectivity index (χ0) is 22.5. The lowest BCUT2D eigenvalue weighted by Gasteiger charge is -2.15. The maximum absolute atomic E-state index is 13.1. The maximum atomic E-state index is 13.1. The van der Waals surface area contributed by atoms with E-state index >= 15 is 0 Å². The molecule has 0 radical (unpaired) electrons. The van der Waals surface area contributed by atoms with Gasteiger partial charge in [-0.25, -0.2) is 4.99 Å². The quantitative estimate of drug-likeness (QED) is 0.292. The van der Waals surface area contributed by atoms with Crippen LogP contribution >= 0.6 is 23.4 Å². The number of carbonyl (C=O) groups is 1. The molecule has 0 spiro atoms. The molecule has 0 saturated carbocycles. The van der Waals surface area contributed by atoms with Crippen molar-refractivity contribution in [1.82, 2.24) is 4.90 Å². The normalized spacial score (nSPS) is 16.5. The van der Waals surface area contributed by atoms with Crippen LogP contribution in [0, 0.1) is 6.92 Å². The second-order valence-electron chi connectivity index (χ2n) is 7.16. The summed E-state index contributed by atoms with van der Waals surface area (Å²) in [4.78, 5) is 20.0. The molecule has 0 bridgehead atoms. The van der Waals surface area contributed by atoms with Gasteiger partial charge >= 0.3 is 0 Å². The van der Waals surface area contributed by atoms with Crippen molar-refractivity contribution in [1.29, 1.82) is 0 Å². The molecule has 5 nitrogen and oxygen atoms in total. The number of para-hydroxylation sites is 1. The molecule has 1 aliphatic rings. The van der Waals surface area contributed by atoms with E-state index in [-0.39, 0.29) is 5.91 Å². The van der Waals surface area contributed by atoms with Crippen LogP contribution in [0.5, 0.6) is 0 Å². The molecular formula is C25H23ClN2O3S. The van der Waals surface area contributed by atoms with Crippen LogP contribution in [0.25, 0.3) is 17.4 Å². The Morgan fingerprint density at radius 1 is 1.16 bits per heavy atom. The number of thioether (sulfide) groups is 1. The molecule has 4 rings (SSSR count). The van der Waals surface area contributed by atoms with Crippen molar-refractivity contribution in [3.63, 3.8) is 0 Å². The number of carbonyl (C=O) groups excluding carboxylic acids is 1. The van der Waals surface area contributed by atoms with Crippen molar-refractivity contribution in [2.75, 3.05) is 19.8 Å². The number of amidine groups is 1. The minimum absolute atomic E-state index is 0.110. The lowest BCUT2D eigenvalue weighted by molar-refractivity contribution is -0.122. The van der Waals surface area contributed by atoms with Crippen LogP contribution in [-0.4, -0.2) is 35.7 Å². The molecule has 0 unspecified atom stereocenters. The Labute approximate surface area is 196 Å². The molecule has 1 amide bonds. The fraction of sp³-hybridized carbons (Fsp3) is 0.200. The molecule has 2 aromatic carbocycles. The van der Waals surface area contributed by atoms with E-state index in [0.717, 1.165) is 16.8 Å². The summed E-state index contributed by atoms with van der Waals surface area (Å²) < 4.78 is 11.5. The van der Waals surface area contributed by atoms with E-state index in [1.165, 1.54) is 11.8 Å². The number of ether oxygens (including phenoxy) is 1. The van der Waals surface area contributed by atoms with Gasteiger partial charge < -0.3 is 9.15 Å². The number of amides is 1. The molecule has 1 aromatic heterocycles. The van der Waals surface area contributed by atoms with E-state index in [0.29, 0.717) is 46.4 Å². The summed E-state index contributed by atoms with van der Waals surface area (Å²) in [6.07, 6.45) is 1.76. The highest BCUT2D eigenvalue weighted by atomic mass is 35.5. The summed E-state index contributed by atoms with van der Waals surface area (Å²) in [6, 6.07) is 19.0. The molecule has 32 heavy (non-hydrogen) atoms. The van der Waals surface area contributed by atoms with Crippen LogP contribution in [0.15, 0.2) is 75.0 Å². The summed E-state index contributed by atoms with van der Waals surface area (Å²) in [7, 11) is 0. The minimum atomic E-state index is -0.110. The Balaban J connectivity index is 1.62. The summed E-state index contributed by atoms with van der Waals surface area (Å²) in [5, 5.41) is 1.28. The van der Waals surface area contributed by atoms with Crippen LogP contribution in [0.1, 0.15) is 18.2 Å². The summed E-state index contributed by atoms with van der Waals surface area (Å²) in [6.45, 7) is 5.42. The largest absolute Gasteiger partial charge is 0.457 e. The summed E-state index contributed by atoms with van der Waals surface area (Å²) in [5.74, 6) is 1.20. The van der Waals surface area contributed by atoms with Gasteiger partial charge in [0.25, 0.3) is 5.91 Å². The van der Waals surface area contributed by atoms with E-state index in [1.54, 1.807) is 11.0 Å². The standard InChI is InChI=1S/C25H23ClN2O3S/c1-3-30-14-13-28-24(29)23(32-25(28)27-19-7-5-4-6-8-19)16-20-11-12-22(31-20)21-15-18(26)10-9-17(21)2/h4-12,15-16H,3,13-14H2,1-2H3. The molecule has 1 saturated heterocycles. The smallest absolute Gasteiger partial charge is 0.266 e. The second-order valence-corrected chi connectivity index (χ2v) is 8.60. The Kier molecular flexibility index (Phi) is 7.15. The van der Waals surface area contributed by atoms with E-state index in [1.807, 2.05) is 74.5 Å². The van der Waals surface area contributed by atoms with Crippen molar-refractivity contribution < 1.29 is 13.9 Å². The van der Waals surface area contributed by atoms with Gasteiger partial charge in [-0.1, -0.05) is 35.9 Å². The SMILES string of the molecule is CCOCCN1C(=O)C(=Cc2ccc(-c3cc(Cl)ccc3C)o2)SC1=Nc1ccccc1. The number of aryl methyl sites for hydroxylation is 1. The van der Waals surface area contributed by atoms with Crippen LogP contribution in [0.2, 0.25) is 5.02 Å². The maximum Gasteiger partial charge on any atom is 0.266 e. The first-order valence-corrected chi connectivity index (χ1v) is 11.5. The van der Waals surface area contributed by atoms with Crippen LogP contribution in [0.3, 0.4) is 0 Å². The van der Waals surface area contributed by atoms with E-state index in [9.17, 15) is 4.79 Å². The van der Waals surface area contributed by atoms with Crippen LogP contribution in [0.4, 0.5) is 5.69 Å². The third kappa shape index (κ3) is 5.15.